The number of anilines is 1. The lowest BCUT2D eigenvalue weighted by Crippen LogP contribution is -2.17. The first-order valence-electron chi connectivity index (χ1n) is 6.25. The number of carbonyl (C=O) groups excluding carboxylic acids is 1. The van der Waals surface area contributed by atoms with Crippen molar-refractivity contribution < 1.29 is 13.9 Å². The van der Waals surface area contributed by atoms with E-state index in [4.69, 9.17) is 4.74 Å². The van der Waals surface area contributed by atoms with E-state index in [9.17, 15) is 9.18 Å². The molecule has 0 spiro atoms. The third-order valence-electron chi connectivity index (χ3n) is 3.51. The second-order valence-corrected chi connectivity index (χ2v) is 4.69. The molecule has 20 heavy (non-hydrogen) atoms. The zero-order chi connectivity index (χ0) is 14.3. The van der Waals surface area contributed by atoms with Crippen molar-refractivity contribution in [2.75, 3.05) is 12.4 Å². The Kier molecular flexibility index (Phi) is 2.89. The molecule has 1 N–H and O–H groups in total. The molecular formula is C15H13FN2O2. The molecule has 3 rings (SSSR count). The smallest absolute Gasteiger partial charge is 0.231 e. The van der Waals surface area contributed by atoms with Crippen molar-refractivity contribution in [1.82, 2.24) is 4.98 Å². The highest BCUT2D eigenvalue weighted by Gasteiger charge is 2.28. The lowest BCUT2D eigenvalue weighted by molar-refractivity contribution is -0.117. The fraction of sp³-hybridized carbons (Fsp3) is 0.200. The van der Waals surface area contributed by atoms with E-state index in [1.54, 1.807) is 25.3 Å². The van der Waals surface area contributed by atoms with Crippen molar-refractivity contribution in [3.05, 3.63) is 41.8 Å². The predicted molar refractivity (Wildman–Crippen MR) is 73.2 cm³/mol. The zero-order valence-electron chi connectivity index (χ0n) is 11.1. The van der Waals surface area contributed by atoms with E-state index < -0.39 is 5.92 Å². The first-order chi connectivity index (χ1) is 9.61. The third kappa shape index (κ3) is 1.82. The normalized spacial score (nSPS) is 16.8. The van der Waals surface area contributed by atoms with Gasteiger partial charge < -0.3 is 10.1 Å². The van der Waals surface area contributed by atoms with Crippen LogP contribution in [0.5, 0.6) is 5.88 Å². The molecule has 1 aromatic carbocycles. The summed E-state index contributed by atoms with van der Waals surface area (Å²) >= 11 is 0. The van der Waals surface area contributed by atoms with E-state index in [1.807, 2.05) is 0 Å². The maximum atomic E-state index is 13.5. The lowest BCUT2D eigenvalue weighted by atomic mass is 9.92. The van der Waals surface area contributed by atoms with E-state index >= 15 is 0 Å². The summed E-state index contributed by atoms with van der Waals surface area (Å²) in [5.41, 5.74) is 2.70. The molecule has 102 valence electrons. The number of carbonyl (C=O) groups is 1. The highest BCUT2D eigenvalue weighted by molar-refractivity contribution is 6.04. The van der Waals surface area contributed by atoms with E-state index in [-0.39, 0.29) is 11.7 Å². The molecule has 4 nitrogen and oxygen atoms in total. The van der Waals surface area contributed by atoms with Gasteiger partial charge in [0.05, 0.1) is 24.3 Å². The fourth-order valence-electron chi connectivity index (χ4n) is 2.46. The number of nitrogens with one attached hydrogen (secondary N) is 1. The molecule has 2 heterocycles. The van der Waals surface area contributed by atoms with Gasteiger partial charge in [0.2, 0.25) is 11.8 Å². The number of pyridine rings is 1. The Labute approximate surface area is 115 Å². The molecule has 0 fully saturated rings. The van der Waals surface area contributed by atoms with Crippen LogP contribution in [-0.4, -0.2) is 18.0 Å². The average molecular weight is 272 g/mol. The summed E-state index contributed by atoms with van der Waals surface area (Å²) < 4.78 is 18.8. The summed E-state index contributed by atoms with van der Waals surface area (Å²) in [5, 5.41) is 2.83. The monoisotopic (exact) mass is 272 g/mol. The van der Waals surface area contributed by atoms with Crippen LogP contribution in [0, 0.1) is 5.82 Å². The number of amides is 1. The van der Waals surface area contributed by atoms with Gasteiger partial charge in [0.25, 0.3) is 0 Å². The summed E-state index contributed by atoms with van der Waals surface area (Å²) in [6.45, 7) is 1.75. The van der Waals surface area contributed by atoms with E-state index in [1.165, 1.54) is 19.2 Å². The van der Waals surface area contributed by atoms with Crippen molar-refractivity contribution in [3.8, 4) is 17.0 Å². The molecular weight excluding hydrogens is 259 g/mol. The maximum absolute atomic E-state index is 13.5. The summed E-state index contributed by atoms with van der Waals surface area (Å²) in [6.07, 6.45) is 1.57. The van der Waals surface area contributed by atoms with Gasteiger partial charge >= 0.3 is 0 Å². The first-order valence-corrected chi connectivity index (χ1v) is 6.25. The molecule has 1 aliphatic rings. The average Bonchev–Trinajstić information content (AvgIpc) is 2.55. The summed E-state index contributed by atoms with van der Waals surface area (Å²) in [4.78, 5) is 16.3. The zero-order valence-corrected chi connectivity index (χ0v) is 11.1. The molecule has 0 aliphatic carbocycles. The molecule has 0 saturated heterocycles. The number of nitrogens with zero attached hydrogens (tertiary/aromatic N) is 1. The van der Waals surface area contributed by atoms with Gasteiger partial charge in [0, 0.05) is 6.20 Å². The molecule has 0 saturated carbocycles. The van der Waals surface area contributed by atoms with Crippen LogP contribution in [0.1, 0.15) is 18.4 Å². The van der Waals surface area contributed by atoms with Crippen LogP contribution in [0.2, 0.25) is 0 Å². The number of methoxy groups -OCH3 is 1. The van der Waals surface area contributed by atoms with Gasteiger partial charge in [-0.05, 0) is 36.2 Å². The molecule has 5 heteroatoms. The van der Waals surface area contributed by atoms with Crippen molar-refractivity contribution in [1.29, 1.82) is 0 Å². The molecule has 2 aromatic rings. The van der Waals surface area contributed by atoms with Crippen LogP contribution < -0.4 is 10.1 Å². The number of halogens is 1. The Morgan fingerprint density at radius 2 is 2.15 bits per heavy atom. The van der Waals surface area contributed by atoms with Gasteiger partial charge in [-0.3, -0.25) is 4.79 Å². The Morgan fingerprint density at radius 1 is 1.35 bits per heavy atom. The Morgan fingerprint density at radius 3 is 2.90 bits per heavy atom. The van der Waals surface area contributed by atoms with Gasteiger partial charge in [-0.1, -0.05) is 6.07 Å². The highest BCUT2D eigenvalue weighted by Crippen LogP contribution is 2.42. The van der Waals surface area contributed by atoms with Crippen molar-refractivity contribution in [2.45, 2.75) is 12.8 Å². The van der Waals surface area contributed by atoms with Crippen LogP contribution in [0.4, 0.5) is 10.1 Å². The summed E-state index contributed by atoms with van der Waals surface area (Å²) in [6, 6.07) is 6.13. The second-order valence-electron chi connectivity index (χ2n) is 4.69. The number of rotatable bonds is 1. The predicted octanol–water partition coefficient (Wildman–Crippen LogP) is 2.95. The molecule has 1 amide bonds. The lowest BCUT2D eigenvalue weighted by Gasteiger charge is -2.13. The van der Waals surface area contributed by atoms with Crippen LogP contribution in [-0.2, 0) is 4.79 Å². The van der Waals surface area contributed by atoms with Gasteiger partial charge in [0.15, 0.2) is 0 Å². The third-order valence-corrected chi connectivity index (χ3v) is 3.51. The number of fused-ring (bicyclic) bond motifs is 3. The van der Waals surface area contributed by atoms with Crippen LogP contribution in [0.25, 0.3) is 11.1 Å². The van der Waals surface area contributed by atoms with Crippen molar-refractivity contribution >= 4 is 11.6 Å². The Bertz CT molecular complexity index is 700. The van der Waals surface area contributed by atoms with E-state index in [0.29, 0.717) is 22.7 Å². The maximum Gasteiger partial charge on any atom is 0.231 e. The largest absolute Gasteiger partial charge is 0.480 e. The SMILES string of the molecule is COc1nccc2c1-c1ccc(F)cc1C(C)C(=O)N2. The number of hydrogen-bond acceptors (Lipinski definition) is 3. The van der Waals surface area contributed by atoms with Gasteiger partial charge in [-0.15, -0.1) is 0 Å². The van der Waals surface area contributed by atoms with Crippen molar-refractivity contribution in [3.63, 3.8) is 0 Å². The minimum Gasteiger partial charge on any atom is -0.480 e. The Hall–Kier alpha value is -2.43. The minimum atomic E-state index is -0.446. The minimum absolute atomic E-state index is 0.177. The van der Waals surface area contributed by atoms with Crippen LogP contribution in [0.15, 0.2) is 30.5 Å². The first kappa shape index (κ1) is 12.6. The van der Waals surface area contributed by atoms with Gasteiger partial charge in [-0.25, -0.2) is 9.37 Å². The van der Waals surface area contributed by atoms with Crippen molar-refractivity contribution in [2.24, 2.45) is 0 Å². The van der Waals surface area contributed by atoms with Crippen LogP contribution in [0.3, 0.4) is 0 Å². The second kappa shape index (κ2) is 4.59. The van der Waals surface area contributed by atoms with Gasteiger partial charge in [-0.2, -0.15) is 0 Å². The molecule has 1 aromatic heterocycles. The molecule has 1 unspecified atom stereocenters. The molecule has 0 bridgehead atoms. The van der Waals surface area contributed by atoms with E-state index in [0.717, 1.165) is 5.56 Å². The van der Waals surface area contributed by atoms with E-state index in [2.05, 4.69) is 10.3 Å². The number of ether oxygens (including phenoxy) is 1. The fourth-order valence-corrected chi connectivity index (χ4v) is 2.46. The van der Waals surface area contributed by atoms with Gasteiger partial charge in [0.1, 0.15) is 5.82 Å². The molecule has 1 atom stereocenters. The number of aromatic nitrogens is 1. The number of hydrogen-bond donors (Lipinski definition) is 1. The number of benzene rings is 1. The quantitative estimate of drug-likeness (QED) is 0.868. The van der Waals surface area contributed by atoms with Crippen LogP contribution >= 0.6 is 0 Å². The standard InChI is InChI=1S/C15H13FN2O2/c1-8-11-7-9(16)3-4-10(11)13-12(18-14(8)19)5-6-17-15(13)20-2/h3-8H,1-2H3,(H,18,19). The highest BCUT2D eigenvalue weighted by atomic mass is 19.1. The topological polar surface area (TPSA) is 51.2 Å². The summed E-state index contributed by atoms with van der Waals surface area (Å²) in [5.74, 6) is -0.582. The summed E-state index contributed by atoms with van der Waals surface area (Å²) in [7, 11) is 1.52. The molecule has 1 aliphatic heterocycles. The molecule has 0 radical (unpaired) electrons. The Balaban J connectivity index is 2.36.